The van der Waals surface area contributed by atoms with Crippen LogP contribution in [0.5, 0.6) is 0 Å². The number of benzene rings is 9. The molecule has 11 rings (SSSR count). The van der Waals surface area contributed by atoms with Crippen LogP contribution in [0.15, 0.2) is 192 Å². The van der Waals surface area contributed by atoms with Crippen LogP contribution in [0.25, 0.3) is 85.9 Å². The molecule has 0 amide bonds. The Morgan fingerprint density at radius 1 is 0.358 bits per heavy atom. The van der Waals surface area contributed by atoms with Crippen molar-refractivity contribution in [2.24, 2.45) is 0 Å². The fourth-order valence-corrected chi connectivity index (χ4v) is 9.53. The van der Waals surface area contributed by atoms with Crippen LogP contribution < -0.4 is 4.90 Å². The number of furan rings is 1. The molecule has 2 heterocycles. The first-order valence-electron chi connectivity index (χ1n) is 18.0. The lowest BCUT2D eigenvalue weighted by Crippen LogP contribution is -2.10. The van der Waals surface area contributed by atoms with E-state index in [0.717, 1.165) is 39.0 Å². The number of hydrogen-bond acceptors (Lipinski definition) is 3. The van der Waals surface area contributed by atoms with E-state index in [0.29, 0.717) is 0 Å². The average molecular weight is 694 g/mol. The highest BCUT2D eigenvalue weighted by Crippen LogP contribution is 2.48. The lowest BCUT2D eigenvalue weighted by molar-refractivity contribution is 0.669. The topological polar surface area (TPSA) is 16.4 Å². The molecule has 248 valence electrons. The Labute approximate surface area is 310 Å². The number of hydrogen-bond donors (Lipinski definition) is 0. The molecule has 0 aliphatic carbocycles. The summed E-state index contributed by atoms with van der Waals surface area (Å²) < 4.78 is 8.84. The van der Waals surface area contributed by atoms with E-state index < -0.39 is 0 Å². The van der Waals surface area contributed by atoms with E-state index >= 15 is 0 Å². The summed E-state index contributed by atoms with van der Waals surface area (Å²) >= 11 is 1.88. The monoisotopic (exact) mass is 693 g/mol. The number of anilines is 3. The van der Waals surface area contributed by atoms with E-state index in [-0.39, 0.29) is 0 Å². The molecule has 53 heavy (non-hydrogen) atoms. The van der Waals surface area contributed by atoms with Crippen molar-refractivity contribution in [3.8, 4) is 22.3 Å². The molecule has 0 radical (unpaired) electrons. The van der Waals surface area contributed by atoms with E-state index in [1.54, 1.807) is 0 Å². The Bertz CT molecular complexity index is 3170. The summed E-state index contributed by atoms with van der Waals surface area (Å²) in [5.41, 5.74) is 10.1. The van der Waals surface area contributed by atoms with Crippen LogP contribution in [0.1, 0.15) is 0 Å². The third-order valence-corrected chi connectivity index (χ3v) is 11.9. The summed E-state index contributed by atoms with van der Waals surface area (Å²) in [6, 6.07) is 68.0. The third-order valence-electron chi connectivity index (χ3n) is 10.7. The highest BCUT2D eigenvalue weighted by atomic mass is 32.1. The van der Waals surface area contributed by atoms with Gasteiger partial charge in [0.15, 0.2) is 0 Å². The Morgan fingerprint density at radius 3 is 1.83 bits per heavy atom. The first-order chi connectivity index (χ1) is 26.3. The van der Waals surface area contributed by atoms with E-state index in [1.165, 1.54) is 64.0 Å². The zero-order chi connectivity index (χ0) is 34.9. The van der Waals surface area contributed by atoms with Crippen LogP contribution in [0.3, 0.4) is 0 Å². The molecule has 0 aliphatic rings. The third kappa shape index (κ3) is 4.78. The Morgan fingerprint density at radius 2 is 0.981 bits per heavy atom. The molecular weight excluding hydrogens is 663 g/mol. The first kappa shape index (κ1) is 30.0. The van der Waals surface area contributed by atoms with Gasteiger partial charge >= 0.3 is 0 Å². The second kappa shape index (κ2) is 11.9. The highest BCUT2D eigenvalue weighted by molar-refractivity contribution is 7.27. The van der Waals surface area contributed by atoms with Crippen molar-refractivity contribution < 1.29 is 4.42 Å². The van der Waals surface area contributed by atoms with E-state index in [4.69, 9.17) is 4.42 Å². The Kier molecular flexibility index (Phi) is 6.76. The van der Waals surface area contributed by atoms with E-state index in [9.17, 15) is 0 Å². The van der Waals surface area contributed by atoms with Crippen LogP contribution in [0.2, 0.25) is 0 Å². The van der Waals surface area contributed by atoms with Gasteiger partial charge in [-0.15, -0.1) is 11.3 Å². The summed E-state index contributed by atoms with van der Waals surface area (Å²) in [5, 5.41) is 9.84. The second-order valence-corrected chi connectivity index (χ2v) is 14.7. The zero-order valence-electron chi connectivity index (χ0n) is 28.7. The predicted octanol–water partition coefficient (Wildman–Crippen LogP) is 15.1. The lowest BCUT2D eigenvalue weighted by Gasteiger charge is -2.26. The van der Waals surface area contributed by atoms with Crippen LogP contribution in [-0.2, 0) is 0 Å². The smallest absolute Gasteiger partial charge is 0.135 e. The van der Waals surface area contributed by atoms with Gasteiger partial charge in [-0.05, 0) is 92.3 Å². The maximum absolute atomic E-state index is 6.28. The van der Waals surface area contributed by atoms with Gasteiger partial charge in [-0.2, -0.15) is 0 Å². The molecule has 0 aliphatic heterocycles. The molecule has 0 atom stereocenters. The molecule has 0 spiro atoms. The van der Waals surface area contributed by atoms with Gasteiger partial charge in [0.05, 0.1) is 10.4 Å². The molecule has 3 heteroatoms. The summed E-state index contributed by atoms with van der Waals surface area (Å²) in [7, 11) is 0. The van der Waals surface area contributed by atoms with Gasteiger partial charge in [0.2, 0.25) is 0 Å². The Hall–Kier alpha value is -6.68. The molecule has 0 saturated carbocycles. The van der Waals surface area contributed by atoms with Gasteiger partial charge in [-0.3, -0.25) is 0 Å². The SMILES string of the molecule is c1ccc(-c2cccc3c2sc2c(N(c4ccc(-c5cc6ccccc6c6ccccc56)cc4)c4ccc5oc6ccccc6c5c4)cccc23)cc1. The van der Waals surface area contributed by atoms with Crippen molar-refractivity contribution in [1.82, 2.24) is 0 Å². The van der Waals surface area contributed by atoms with Gasteiger partial charge in [-0.1, -0.05) is 140 Å². The number of nitrogens with zero attached hydrogens (tertiary/aromatic N) is 1. The minimum atomic E-state index is 0.890. The summed E-state index contributed by atoms with van der Waals surface area (Å²) in [6.07, 6.45) is 0. The summed E-state index contributed by atoms with van der Waals surface area (Å²) in [6.45, 7) is 0. The largest absolute Gasteiger partial charge is 0.456 e. The number of para-hydroxylation sites is 1. The molecule has 9 aromatic carbocycles. The normalized spacial score (nSPS) is 11.8. The minimum absolute atomic E-state index is 0.890. The van der Waals surface area contributed by atoms with Crippen LogP contribution in [-0.4, -0.2) is 0 Å². The molecule has 0 bridgehead atoms. The van der Waals surface area contributed by atoms with Crippen LogP contribution >= 0.6 is 11.3 Å². The van der Waals surface area contributed by atoms with Crippen LogP contribution in [0, 0.1) is 0 Å². The number of thiophene rings is 1. The average Bonchev–Trinajstić information content (AvgIpc) is 3.80. The number of rotatable bonds is 5. The number of fused-ring (bicyclic) bond motifs is 9. The predicted molar refractivity (Wildman–Crippen MR) is 227 cm³/mol. The molecule has 0 N–H and O–H groups in total. The van der Waals surface area contributed by atoms with Crippen LogP contribution in [0.4, 0.5) is 17.1 Å². The highest BCUT2D eigenvalue weighted by Gasteiger charge is 2.21. The van der Waals surface area contributed by atoms with Crippen molar-refractivity contribution in [1.29, 1.82) is 0 Å². The molecule has 0 fully saturated rings. The van der Waals surface area contributed by atoms with E-state index in [2.05, 4.69) is 181 Å². The standard InChI is InChI=1S/C50H31NOS/c1-2-12-32(13-3-1)38-19-10-20-42-43-21-11-22-46(50(43)53-49(38)42)51(36-28-29-48-45(31-36)41-18-8-9-23-47(41)52-48)35-26-24-33(25-27-35)44-30-34-14-4-5-15-37(34)39-16-6-7-17-40(39)44/h1-31H. The van der Waals surface area contributed by atoms with Crippen molar-refractivity contribution in [3.05, 3.63) is 188 Å². The summed E-state index contributed by atoms with van der Waals surface area (Å²) in [5.74, 6) is 0. The van der Waals surface area contributed by atoms with Gasteiger partial charge in [-0.25, -0.2) is 0 Å². The van der Waals surface area contributed by atoms with Gasteiger partial charge < -0.3 is 9.32 Å². The fraction of sp³-hybridized carbons (Fsp3) is 0. The molecule has 11 aromatic rings. The molecular formula is C50H31NOS. The van der Waals surface area contributed by atoms with Gasteiger partial charge in [0, 0.05) is 37.6 Å². The van der Waals surface area contributed by atoms with E-state index in [1.807, 2.05) is 23.5 Å². The maximum atomic E-state index is 6.28. The van der Waals surface area contributed by atoms with Crippen molar-refractivity contribution >= 4 is 92.1 Å². The lowest BCUT2D eigenvalue weighted by atomic mass is 9.93. The quantitative estimate of drug-likeness (QED) is 0.167. The molecule has 0 saturated heterocycles. The van der Waals surface area contributed by atoms with Gasteiger partial charge in [0.1, 0.15) is 11.2 Å². The minimum Gasteiger partial charge on any atom is -0.456 e. The first-order valence-corrected chi connectivity index (χ1v) is 18.8. The molecule has 2 aromatic heterocycles. The second-order valence-electron chi connectivity index (χ2n) is 13.7. The van der Waals surface area contributed by atoms with Crippen molar-refractivity contribution in [2.75, 3.05) is 4.90 Å². The Balaban J connectivity index is 1.13. The maximum Gasteiger partial charge on any atom is 0.135 e. The van der Waals surface area contributed by atoms with Crippen molar-refractivity contribution in [2.45, 2.75) is 0 Å². The molecule has 0 unspecified atom stereocenters. The fourth-order valence-electron chi connectivity index (χ4n) is 8.19. The zero-order valence-corrected chi connectivity index (χ0v) is 29.5. The molecule has 2 nitrogen and oxygen atoms in total. The van der Waals surface area contributed by atoms with Gasteiger partial charge in [0.25, 0.3) is 0 Å². The summed E-state index contributed by atoms with van der Waals surface area (Å²) in [4.78, 5) is 2.42. The van der Waals surface area contributed by atoms with Crippen molar-refractivity contribution in [3.63, 3.8) is 0 Å².